The lowest BCUT2D eigenvalue weighted by Crippen LogP contribution is -2.20. The summed E-state index contributed by atoms with van der Waals surface area (Å²) < 4.78 is 13.8. The van der Waals surface area contributed by atoms with Gasteiger partial charge in [-0.2, -0.15) is 9.78 Å². The van der Waals surface area contributed by atoms with Crippen LogP contribution in [0.25, 0.3) is 10.9 Å². The molecular formula is C26H23BrClN3O3. The van der Waals surface area contributed by atoms with Gasteiger partial charge >= 0.3 is 0 Å². The van der Waals surface area contributed by atoms with E-state index in [-0.39, 0.29) is 5.56 Å². The number of halogens is 2. The van der Waals surface area contributed by atoms with Gasteiger partial charge in [-0.15, -0.1) is 0 Å². The van der Waals surface area contributed by atoms with Gasteiger partial charge in [-0.05, 0) is 62.2 Å². The number of fused-ring (bicyclic) bond motifs is 1. The van der Waals surface area contributed by atoms with Crippen molar-refractivity contribution in [2.75, 3.05) is 6.61 Å². The lowest BCUT2D eigenvalue weighted by molar-refractivity contribution is 0.269. The highest BCUT2D eigenvalue weighted by molar-refractivity contribution is 9.10. The number of nitrogens with zero attached hydrogens (tertiary/aromatic N) is 3. The largest absolute Gasteiger partial charge is 0.490 e. The molecule has 0 radical (unpaired) electrons. The van der Waals surface area contributed by atoms with Gasteiger partial charge in [0.25, 0.3) is 5.56 Å². The Morgan fingerprint density at radius 2 is 1.85 bits per heavy atom. The van der Waals surface area contributed by atoms with Gasteiger partial charge in [-0.25, -0.2) is 4.98 Å². The van der Waals surface area contributed by atoms with Gasteiger partial charge in [0.15, 0.2) is 11.5 Å². The minimum absolute atomic E-state index is 0.255. The fraction of sp³-hybridized carbons (Fsp3) is 0.192. The van der Waals surface area contributed by atoms with Crippen LogP contribution in [-0.2, 0) is 6.61 Å². The SMILES string of the molecule is CCOc1cc(C=Nn2c(C)nc3ccc(Br)cc3c2=O)cc(Cl)c1OCc1ccc(C)cc1. The second-order valence-electron chi connectivity index (χ2n) is 7.72. The first-order chi connectivity index (χ1) is 16.4. The molecule has 34 heavy (non-hydrogen) atoms. The lowest BCUT2D eigenvalue weighted by atomic mass is 10.1. The minimum atomic E-state index is -0.255. The van der Waals surface area contributed by atoms with E-state index in [0.29, 0.717) is 52.0 Å². The van der Waals surface area contributed by atoms with Gasteiger partial charge in [0.2, 0.25) is 0 Å². The van der Waals surface area contributed by atoms with E-state index in [1.54, 1.807) is 37.4 Å². The summed E-state index contributed by atoms with van der Waals surface area (Å²) in [5.41, 5.74) is 3.24. The Hall–Kier alpha value is -3.16. The fourth-order valence-corrected chi connectivity index (χ4v) is 4.06. The summed E-state index contributed by atoms with van der Waals surface area (Å²) in [4.78, 5) is 17.5. The molecule has 0 atom stereocenters. The molecule has 3 aromatic carbocycles. The van der Waals surface area contributed by atoms with E-state index in [2.05, 4.69) is 26.0 Å². The Morgan fingerprint density at radius 1 is 1.09 bits per heavy atom. The smallest absolute Gasteiger partial charge is 0.282 e. The summed E-state index contributed by atoms with van der Waals surface area (Å²) in [6.07, 6.45) is 1.55. The number of hydrogen-bond acceptors (Lipinski definition) is 5. The molecule has 0 spiro atoms. The highest BCUT2D eigenvalue weighted by Crippen LogP contribution is 2.37. The van der Waals surface area contributed by atoms with Gasteiger partial charge in [0.1, 0.15) is 12.4 Å². The first-order valence-corrected chi connectivity index (χ1v) is 11.9. The molecule has 6 nitrogen and oxygen atoms in total. The van der Waals surface area contributed by atoms with Gasteiger partial charge in [0, 0.05) is 4.47 Å². The molecule has 0 N–H and O–H groups in total. The Morgan fingerprint density at radius 3 is 2.59 bits per heavy atom. The van der Waals surface area contributed by atoms with Gasteiger partial charge in [-0.3, -0.25) is 4.79 Å². The molecule has 0 saturated carbocycles. The molecule has 0 aliphatic carbocycles. The minimum Gasteiger partial charge on any atom is -0.490 e. The van der Waals surface area contributed by atoms with Crippen molar-refractivity contribution in [1.29, 1.82) is 0 Å². The number of rotatable bonds is 7. The molecule has 4 rings (SSSR count). The zero-order valence-corrected chi connectivity index (χ0v) is 21.4. The molecule has 0 fully saturated rings. The number of hydrogen-bond donors (Lipinski definition) is 0. The predicted molar refractivity (Wildman–Crippen MR) is 140 cm³/mol. The summed E-state index contributed by atoms with van der Waals surface area (Å²) in [6.45, 7) is 6.47. The zero-order valence-electron chi connectivity index (χ0n) is 19.0. The Kier molecular flexibility index (Phi) is 7.34. The van der Waals surface area contributed by atoms with Crippen molar-refractivity contribution in [3.63, 3.8) is 0 Å². The molecule has 4 aromatic rings. The van der Waals surface area contributed by atoms with Crippen molar-refractivity contribution < 1.29 is 9.47 Å². The first kappa shape index (κ1) is 24.0. The molecule has 0 aliphatic heterocycles. The van der Waals surface area contributed by atoms with Crippen molar-refractivity contribution >= 4 is 44.6 Å². The number of benzene rings is 3. The second kappa shape index (κ2) is 10.4. The van der Waals surface area contributed by atoms with Crippen LogP contribution in [0.1, 0.15) is 29.4 Å². The number of ether oxygens (including phenoxy) is 2. The quantitative estimate of drug-likeness (QED) is 0.258. The first-order valence-electron chi connectivity index (χ1n) is 10.7. The fourth-order valence-electron chi connectivity index (χ4n) is 3.43. The van der Waals surface area contributed by atoms with Gasteiger partial charge in [-0.1, -0.05) is 57.4 Å². The van der Waals surface area contributed by atoms with E-state index >= 15 is 0 Å². The van der Waals surface area contributed by atoms with Crippen molar-refractivity contribution in [3.8, 4) is 11.5 Å². The monoisotopic (exact) mass is 539 g/mol. The van der Waals surface area contributed by atoms with Crippen LogP contribution in [0.3, 0.4) is 0 Å². The summed E-state index contributed by atoms with van der Waals surface area (Å²) in [7, 11) is 0. The molecular weight excluding hydrogens is 518 g/mol. The van der Waals surface area contributed by atoms with Crippen LogP contribution in [0.4, 0.5) is 0 Å². The highest BCUT2D eigenvalue weighted by atomic mass is 79.9. The number of aryl methyl sites for hydroxylation is 2. The molecule has 174 valence electrons. The molecule has 1 heterocycles. The highest BCUT2D eigenvalue weighted by Gasteiger charge is 2.13. The third-order valence-corrected chi connectivity index (χ3v) is 5.90. The van der Waals surface area contributed by atoms with Crippen LogP contribution in [0, 0.1) is 13.8 Å². The maximum atomic E-state index is 13.0. The molecule has 8 heteroatoms. The van der Waals surface area contributed by atoms with Crippen molar-refractivity contribution in [3.05, 3.63) is 97.0 Å². The summed E-state index contributed by atoms with van der Waals surface area (Å²) in [5, 5.41) is 5.25. The molecule has 1 aromatic heterocycles. The van der Waals surface area contributed by atoms with Crippen LogP contribution in [0.2, 0.25) is 5.02 Å². The second-order valence-corrected chi connectivity index (χ2v) is 9.04. The van der Waals surface area contributed by atoms with Crippen molar-refractivity contribution in [2.45, 2.75) is 27.4 Å². The van der Waals surface area contributed by atoms with Gasteiger partial charge in [0.05, 0.1) is 28.7 Å². The summed E-state index contributed by atoms with van der Waals surface area (Å²) >= 11 is 9.95. The molecule has 0 saturated heterocycles. The third-order valence-electron chi connectivity index (χ3n) is 5.13. The molecule has 0 amide bonds. The Balaban J connectivity index is 1.65. The third kappa shape index (κ3) is 5.32. The van der Waals surface area contributed by atoms with Crippen LogP contribution in [0.5, 0.6) is 11.5 Å². The van der Waals surface area contributed by atoms with E-state index < -0.39 is 0 Å². The van der Waals surface area contributed by atoms with E-state index in [1.807, 2.05) is 44.2 Å². The van der Waals surface area contributed by atoms with Crippen LogP contribution in [-0.4, -0.2) is 22.5 Å². The van der Waals surface area contributed by atoms with Crippen LogP contribution in [0.15, 0.2) is 69.0 Å². The zero-order chi connectivity index (χ0) is 24.2. The van der Waals surface area contributed by atoms with E-state index in [0.717, 1.165) is 10.0 Å². The van der Waals surface area contributed by atoms with Crippen LogP contribution >= 0.6 is 27.5 Å². The maximum Gasteiger partial charge on any atom is 0.282 e. The normalized spacial score (nSPS) is 11.3. The lowest BCUT2D eigenvalue weighted by Gasteiger charge is -2.14. The van der Waals surface area contributed by atoms with E-state index in [4.69, 9.17) is 21.1 Å². The van der Waals surface area contributed by atoms with Crippen molar-refractivity contribution in [1.82, 2.24) is 9.66 Å². The van der Waals surface area contributed by atoms with Crippen LogP contribution < -0.4 is 15.0 Å². The number of aromatic nitrogens is 2. The molecule has 0 aliphatic rings. The Bertz CT molecular complexity index is 1430. The Labute approximate surface area is 210 Å². The van der Waals surface area contributed by atoms with E-state index in [1.165, 1.54) is 10.2 Å². The van der Waals surface area contributed by atoms with Gasteiger partial charge < -0.3 is 9.47 Å². The average molecular weight is 541 g/mol. The molecule has 0 bridgehead atoms. The summed E-state index contributed by atoms with van der Waals surface area (Å²) in [6, 6.07) is 17.0. The topological polar surface area (TPSA) is 65.7 Å². The molecule has 0 unspecified atom stereocenters. The summed E-state index contributed by atoms with van der Waals surface area (Å²) in [5.74, 6) is 1.45. The van der Waals surface area contributed by atoms with E-state index in [9.17, 15) is 4.79 Å². The standard InChI is InChI=1S/C26H23BrClN3O3/c1-4-33-24-12-19(11-22(28)25(24)34-15-18-7-5-16(2)6-8-18)14-29-31-17(3)30-23-10-9-20(27)13-21(23)26(31)32/h5-14H,4,15H2,1-3H3. The average Bonchev–Trinajstić information content (AvgIpc) is 2.80. The maximum absolute atomic E-state index is 13.0. The van der Waals surface area contributed by atoms with Crippen molar-refractivity contribution in [2.24, 2.45) is 5.10 Å². The predicted octanol–water partition coefficient (Wildman–Crippen LogP) is 6.29.